The lowest BCUT2D eigenvalue weighted by atomic mass is 10.1. The summed E-state index contributed by atoms with van der Waals surface area (Å²) in [6.07, 6.45) is 1.67. The maximum Gasteiger partial charge on any atom is 0.267 e. The molecule has 7 heteroatoms. The summed E-state index contributed by atoms with van der Waals surface area (Å²) in [5.41, 5.74) is 2.36. The lowest BCUT2D eigenvalue weighted by Gasteiger charge is -2.19. The van der Waals surface area contributed by atoms with Crippen LogP contribution in [0.2, 0.25) is 0 Å². The van der Waals surface area contributed by atoms with Crippen molar-refractivity contribution in [2.45, 2.75) is 45.8 Å². The number of carbonyl (C=O) groups excluding carboxylic acids is 2. The van der Waals surface area contributed by atoms with Gasteiger partial charge in [-0.05, 0) is 26.0 Å². The van der Waals surface area contributed by atoms with E-state index in [1.54, 1.807) is 7.05 Å². The molecule has 1 atom stereocenters. The van der Waals surface area contributed by atoms with Crippen molar-refractivity contribution >= 4 is 17.5 Å². The van der Waals surface area contributed by atoms with Crippen molar-refractivity contribution in [1.29, 1.82) is 0 Å². The smallest absolute Gasteiger partial charge is 0.267 e. The summed E-state index contributed by atoms with van der Waals surface area (Å²) in [6, 6.07) is 3.93. The second-order valence-corrected chi connectivity index (χ2v) is 6.28. The fraction of sp³-hybridized carbons (Fsp3) is 0.500. The Labute approximate surface area is 147 Å². The zero-order chi connectivity index (χ0) is 18.0. The van der Waals surface area contributed by atoms with E-state index >= 15 is 0 Å². The number of hydrogen-bond donors (Lipinski definition) is 1. The summed E-state index contributed by atoms with van der Waals surface area (Å²) in [5, 5.41) is 8.11. The van der Waals surface area contributed by atoms with E-state index < -0.39 is 0 Å². The number of amides is 2. The Morgan fingerprint density at radius 1 is 1.44 bits per heavy atom. The Kier molecular flexibility index (Phi) is 4.92. The van der Waals surface area contributed by atoms with Crippen LogP contribution in [0.25, 0.3) is 0 Å². The largest absolute Gasteiger partial charge is 0.494 e. The molecule has 2 heterocycles. The molecule has 25 heavy (non-hydrogen) atoms. The molecule has 0 fully saturated rings. The van der Waals surface area contributed by atoms with E-state index in [1.165, 1.54) is 5.01 Å². The van der Waals surface area contributed by atoms with E-state index in [0.29, 0.717) is 31.7 Å². The quantitative estimate of drug-likeness (QED) is 0.880. The molecule has 0 radical (unpaired) electrons. The van der Waals surface area contributed by atoms with Crippen LogP contribution in [0.1, 0.15) is 37.8 Å². The van der Waals surface area contributed by atoms with Gasteiger partial charge >= 0.3 is 0 Å². The van der Waals surface area contributed by atoms with Gasteiger partial charge in [0.05, 0.1) is 6.61 Å². The second kappa shape index (κ2) is 7.13. The summed E-state index contributed by atoms with van der Waals surface area (Å²) >= 11 is 0. The fourth-order valence-electron chi connectivity index (χ4n) is 3.02. The summed E-state index contributed by atoms with van der Waals surface area (Å²) in [5.74, 6) is 1.26. The van der Waals surface area contributed by atoms with Gasteiger partial charge in [-0.2, -0.15) is 5.10 Å². The average Bonchev–Trinajstić information content (AvgIpc) is 2.94. The van der Waals surface area contributed by atoms with Gasteiger partial charge in [-0.25, -0.2) is 5.01 Å². The van der Waals surface area contributed by atoms with Crippen LogP contribution in [0, 0.1) is 0 Å². The van der Waals surface area contributed by atoms with Crippen LogP contribution in [0.15, 0.2) is 17.2 Å². The van der Waals surface area contributed by atoms with Gasteiger partial charge in [0, 0.05) is 44.0 Å². The van der Waals surface area contributed by atoms with E-state index in [0.717, 1.165) is 29.0 Å². The molecule has 0 aromatic heterocycles. The van der Waals surface area contributed by atoms with Crippen LogP contribution in [0.4, 0.5) is 0 Å². The minimum absolute atomic E-state index is 0.0833. The normalized spacial score (nSPS) is 19.2. The van der Waals surface area contributed by atoms with Crippen LogP contribution in [-0.4, -0.2) is 42.3 Å². The molecule has 0 saturated heterocycles. The first-order valence-electron chi connectivity index (χ1n) is 8.55. The predicted molar refractivity (Wildman–Crippen MR) is 92.7 cm³/mol. The molecule has 134 valence electrons. The number of nitrogens with zero attached hydrogens (tertiary/aromatic N) is 2. The topological polar surface area (TPSA) is 80.2 Å². The highest BCUT2D eigenvalue weighted by atomic mass is 16.5. The zero-order valence-electron chi connectivity index (χ0n) is 14.8. The van der Waals surface area contributed by atoms with Gasteiger partial charge in [-0.15, -0.1) is 0 Å². The Hall–Kier alpha value is -2.57. The number of hydrazone groups is 1. The molecule has 2 aliphatic heterocycles. The molecule has 0 aliphatic carbocycles. The van der Waals surface area contributed by atoms with E-state index in [-0.39, 0.29) is 17.9 Å². The average molecular weight is 345 g/mol. The Morgan fingerprint density at radius 2 is 2.24 bits per heavy atom. The molecule has 0 bridgehead atoms. The van der Waals surface area contributed by atoms with Crippen molar-refractivity contribution in [2.75, 3.05) is 13.7 Å². The summed E-state index contributed by atoms with van der Waals surface area (Å²) in [6.45, 7) is 4.82. The predicted octanol–water partition coefficient (Wildman–Crippen LogP) is 1.63. The van der Waals surface area contributed by atoms with Crippen molar-refractivity contribution in [1.82, 2.24) is 10.3 Å². The van der Waals surface area contributed by atoms with E-state index in [1.807, 2.05) is 26.0 Å². The summed E-state index contributed by atoms with van der Waals surface area (Å²) in [7, 11) is 1.56. The molecule has 2 aliphatic rings. The lowest BCUT2D eigenvalue weighted by Crippen LogP contribution is -2.37. The van der Waals surface area contributed by atoms with Crippen molar-refractivity contribution in [3.8, 4) is 11.5 Å². The van der Waals surface area contributed by atoms with Crippen LogP contribution >= 0.6 is 0 Å². The molecule has 0 spiro atoms. The molecule has 1 aromatic carbocycles. The number of hydrogen-bond acceptors (Lipinski definition) is 5. The van der Waals surface area contributed by atoms with Gasteiger partial charge in [-0.1, -0.05) is 0 Å². The van der Waals surface area contributed by atoms with E-state index in [2.05, 4.69) is 10.4 Å². The summed E-state index contributed by atoms with van der Waals surface area (Å²) in [4.78, 5) is 23.8. The molecule has 1 N–H and O–H groups in total. The third-order valence-electron chi connectivity index (χ3n) is 4.29. The first-order valence-corrected chi connectivity index (χ1v) is 8.55. The first kappa shape index (κ1) is 17.3. The maximum atomic E-state index is 12.3. The molecule has 0 saturated carbocycles. The monoisotopic (exact) mass is 345 g/mol. The highest BCUT2D eigenvalue weighted by molar-refractivity contribution is 6.39. The molecular weight excluding hydrogens is 322 g/mol. The fourth-order valence-corrected chi connectivity index (χ4v) is 3.02. The second-order valence-electron chi connectivity index (χ2n) is 6.28. The Balaban J connectivity index is 1.72. The van der Waals surface area contributed by atoms with Crippen molar-refractivity contribution in [3.05, 3.63) is 23.3 Å². The van der Waals surface area contributed by atoms with Crippen LogP contribution in [0.5, 0.6) is 11.5 Å². The maximum absolute atomic E-state index is 12.3. The third kappa shape index (κ3) is 3.75. The van der Waals surface area contributed by atoms with E-state index in [9.17, 15) is 9.59 Å². The van der Waals surface area contributed by atoms with Crippen LogP contribution in [0.3, 0.4) is 0 Å². The standard InChI is InChI=1S/C18H23N3O4/c1-4-24-15-8-12-7-11(2)25-16(12)9-13(15)10-19-18(23)14-5-6-17(22)21(3)20-14/h8-9,11H,4-7,10H2,1-3H3,(H,19,23)/t11-/m0/s1. The van der Waals surface area contributed by atoms with E-state index in [4.69, 9.17) is 9.47 Å². The number of carbonyl (C=O) groups is 2. The van der Waals surface area contributed by atoms with Gasteiger partial charge in [0.15, 0.2) is 0 Å². The van der Waals surface area contributed by atoms with Gasteiger partial charge in [0.25, 0.3) is 5.91 Å². The van der Waals surface area contributed by atoms with Crippen molar-refractivity contribution < 1.29 is 19.1 Å². The third-order valence-corrected chi connectivity index (χ3v) is 4.29. The number of rotatable bonds is 5. The van der Waals surface area contributed by atoms with Gasteiger partial charge in [0.2, 0.25) is 5.91 Å². The van der Waals surface area contributed by atoms with Crippen LogP contribution in [-0.2, 0) is 22.6 Å². The molecule has 3 rings (SSSR count). The van der Waals surface area contributed by atoms with Crippen molar-refractivity contribution in [2.24, 2.45) is 5.10 Å². The SMILES string of the molecule is CCOc1cc2c(cc1CNC(=O)C1=NN(C)C(=O)CC1)O[C@@H](C)C2. The first-order chi connectivity index (χ1) is 12.0. The van der Waals surface area contributed by atoms with Crippen LogP contribution < -0.4 is 14.8 Å². The minimum Gasteiger partial charge on any atom is -0.494 e. The van der Waals surface area contributed by atoms with Gasteiger partial charge in [0.1, 0.15) is 23.3 Å². The number of nitrogens with one attached hydrogen (secondary N) is 1. The molecule has 0 unspecified atom stereocenters. The van der Waals surface area contributed by atoms with Gasteiger partial charge in [-0.3, -0.25) is 9.59 Å². The minimum atomic E-state index is -0.267. The lowest BCUT2D eigenvalue weighted by molar-refractivity contribution is -0.130. The zero-order valence-corrected chi connectivity index (χ0v) is 14.8. The van der Waals surface area contributed by atoms with Crippen molar-refractivity contribution in [3.63, 3.8) is 0 Å². The molecule has 7 nitrogen and oxygen atoms in total. The highest BCUT2D eigenvalue weighted by Crippen LogP contribution is 2.35. The molecule has 2 amide bonds. The Bertz CT molecular complexity index is 729. The molecular formula is C18H23N3O4. The highest BCUT2D eigenvalue weighted by Gasteiger charge is 2.24. The van der Waals surface area contributed by atoms with Gasteiger partial charge < -0.3 is 14.8 Å². The number of ether oxygens (including phenoxy) is 2. The number of benzene rings is 1. The number of fused-ring (bicyclic) bond motifs is 1. The summed E-state index contributed by atoms with van der Waals surface area (Å²) < 4.78 is 11.5. The molecule has 1 aromatic rings. The Morgan fingerprint density at radius 3 is 2.96 bits per heavy atom.